The van der Waals surface area contributed by atoms with Crippen molar-refractivity contribution in [3.63, 3.8) is 0 Å². The maximum atomic E-state index is 12.4. The summed E-state index contributed by atoms with van der Waals surface area (Å²) in [5, 5.41) is 8.16. The molecule has 0 bridgehead atoms. The van der Waals surface area contributed by atoms with Gasteiger partial charge in [0.2, 0.25) is 0 Å². The number of hydrogen-bond donors (Lipinski definition) is 1. The molecule has 6 heteroatoms. The van der Waals surface area contributed by atoms with E-state index in [4.69, 9.17) is 0 Å². The van der Waals surface area contributed by atoms with Crippen molar-refractivity contribution in [2.24, 2.45) is 0 Å². The van der Waals surface area contributed by atoms with Crippen LogP contribution >= 0.6 is 0 Å². The average Bonchev–Trinajstić information content (AvgIpc) is 3.03. The highest BCUT2D eigenvalue weighted by atomic mass is 16.1. The summed E-state index contributed by atoms with van der Waals surface area (Å²) in [5.74, 6) is -0.130. The number of aromatic nitrogens is 3. The SMILES string of the molecule is CC(C)n1ncc2cc(C(=O)NCc3ccc(CN(C)C)cc3)cnc21. The van der Waals surface area contributed by atoms with Gasteiger partial charge in [0, 0.05) is 30.7 Å². The van der Waals surface area contributed by atoms with Gasteiger partial charge in [0.1, 0.15) is 0 Å². The summed E-state index contributed by atoms with van der Waals surface area (Å²) in [6.07, 6.45) is 3.36. The molecule has 0 saturated carbocycles. The highest BCUT2D eigenvalue weighted by molar-refractivity contribution is 5.96. The zero-order valence-corrected chi connectivity index (χ0v) is 15.7. The van der Waals surface area contributed by atoms with Crippen LogP contribution in [0, 0.1) is 0 Å². The minimum Gasteiger partial charge on any atom is -0.348 e. The third-order valence-corrected chi connectivity index (χ3v) is 4.16. The molecule has 3 rings (SSSR count). The van der Waals surface area contributed by atoms with Gasteiger partial charge in [-0.25, -0.2) is 9.67 Å². The van der Waals surface area contributed by atoms with Gasteiger partial charge in [-0.05, 0) is 45.1 Å². The summed E-state index contributed by atoms with van der Waals surface area (Å²) in [6, 6.07) is 10.4. The smallest absolute Gasteiger partial charge is 0.253 e. The second-order valence-corrected chi connectivity index (χ2v) is 7.06. The second-order valence-electron chi connectivity index (χ2n) is 7.06. The third-order valence-electron chi connectivity index (χ3n) is 4.16. The Labute approximate surface area is 153 Å². The Morgan fingerprint density at radius 3 is 2.50 bits per heavy atom. The molecule has 6 nitrogen and oxygen atoms in total. The number of fused-ring (bicyclic) bond motifs is 1. The van der Waals surface area contributed by atoms with Crippen LogP contribution in [0.15, 0.2) is 42.7 Å². The molecule has 0 fully saturated rings. The molecule has 1 amide bonds. The first-order chi connectivity index (χ1) is 12.4. The Balaban J connectivity index is 1.65. The van der Waals surface area contributed by atoms with E-state index in [1.807, 2.05) is 37.0 Å². The number of benzene rings is 1. The van der Waals surface area contributed by atoms with Crippen molar-refractivity contribution in [2.45, 2.75) is 33.0 Å². The number of hydrogen-bond acceptors (Lipinski definition) is 4. The van der Waals surface area contributed by atoms with Crippen LogP contribution in [0.3, 0.4) is 0 Å². The number of amides is 1. The molecule has 2 heterocycles. The van der Waals surface area contributed by atoms with E-state index in [1.165, 1.54) is 5.56 Å². The van der Waals surface area contributed by atoms with E-state index >= 15 is 0 Å². The first kappa shape index (κ1) is 18.1. The van der Waals surface area contributed by atoms with Crippen LogP contribution in [0.25, 0.3) is 11.0 Å². The zero-order chi connectivity index (χ0) is 18.7. The van der Waals surface area contributed by atoms with Gasteiger partial charge in [0.25, 0.3) is 5.91 Å². The van der Waals surface area contributed by atoms with E-state index in [0.29, 0.717) is 12.1 Å². The lowest BCUT2D eigenvalue weighted by Gasteiger charge is -2.10. The monoisotopic (exact) mass is 351 g/mol. The number of rotatable bonds is 6. The predicted octanol–water partition coefficient (Wildman–Crippen LogP) is 3.00. The van der Waals surface area contributed by atoms with Crippen molar-refractivity contribution in [2.75, 3.05) is 14.1 Å². The van der Waals surface area contributed by atoms with Crippen molar-refractivity contribution in [1.29, 1.82) is 0 Å². The average molecular weight is 351 g/mol. The van der Waals surface area contributed by atoms with E-state index in [-0.39, 0.29) is 11.9 Å². The van der Waals surface area contributed by atoms with Crippen LogP contribution < -0.4 is 5.32 Å². The van der Waals surface area contributed by atoms with Crippen LogP contribution in [-0.4, -0.2) is 39.7 Å². The Morgan fingerprint density at radius 2 is 1.85 bits per heavy atom. The van der Waals surface area contributed by atoms with Gasteiger partial charge in [0.15, 0.2) is 5.65 Å². The van der Waals surface area contributed by atoms with Crippen LogP contribution in [0.5, 0.6) is 0 Å². The molecule has 26 heavy (non-hydrogen) atoms. The van der Waals surface area contributed by atoms with E-state index in [9.17, 15) is 4.79 Å². The minimum absolute atomic E-state index is 0.130. The fourth-order valence-corrected chi connectivity index (χ4v) is 2.85. The first-order valence-electron chi connectivity index (χ1n) is 8.78. The molecule has 1 N–H and O–H groups in total. The summed E-state index contributed by atoms with van der Waals surface area (Å²) in [7, 11) is 4.09. The van der Waals surface area contributed by atoms with Gasteiger partial charge in [-0.15, -0.1) is 0 Å². The van der Waals surface area contributed by atoms with Crippen molar-refractivity contribution in [3.8, 4) is 0 Å². The molecule has 2 aromatic heterocycles. The van der Waals surface area contributed by atoms with E-state index in [1.54, 1.807) is 12.4 Å². The molecule has 3 aromatic rings. The Morgan fingerprint density at radius 1 is 1.15 bits per heavy atom. The lowest BCUT2D eigenvalue weighted by Crippen LogP contribution is -2.23. The first-order valence-corrected chi connectivity index (χ1v) is 8.78. The zero-order valence-electron chi connectivity index (χ0n) is 15.7. The largest absolute Gasteiger partial charge is 0.348 e. The van der Waals surface area contributed by atoms with Gasteiger partial charge < -0.3 is 10.2 Å². The fourth-order valence-electron chi connectivity index (χ4n) is 2.85. The van der Waals surface area contributed by atoms with Gasteiger partial charge in [-0.2, -0.15) is 5.10 Å². The maximum Gasteiger partial charge on any atom is 0.253 e. The predicted molar refractivity (Wildman–Crippen MR) is 103 cm³/mol. The molecule has 0 atom stereocenters. The molecule has 0 radical (unpaired) electrons. The summed E-state index contributed by atoms with van der Waals surface area (Å²) in [6.45, 7) is 5.50. The van der Waals surface area contributed by atoms with E-state index in [2.05, 4.69) is 46.3 Å². The molecule has 0 aliphatic rings. The van der Waals surface area contributed by atoms with Crippen LogP contribution in [0.4, 0.5) is 0 Å². The van der Waals surface area contributed by atoms with Gasteiger partial charge in [0.05, 0.1) is 11.8 Å². The van der Waals surface area contributed by atoms with E-state index in [0.717, 1.165) is 23.1 Å². The summed E-state index contributed by atoms with van der Waals surface area (Å²) < 4.78 is 1.85. The van der Waals surface area contributed by atoms with Crippen molar-refractivity contribution in [3.05, 3.63) is 59.4 Å². The third kappa shape index (κ3) is 4.08. The van der Waals surface area contributed by atoms with Crippen LogP contribution in [0.2, 0.25) is 0 Å². The van der Waals surface area contributed by atoms with Crippen molar-refractivity contribution in [1.82, 2.24) is 25.0 Å². The second kappa shape index (κ2) is 7.66. The van der Waals surface area contributed by atoms with Crippen LogP contribution in [-0.2, 0) is 13.1 Å². The molecule has 0 aliphatic heterocycles. The Hall–Kier alpha value is -2.73. The van der Waals surface area contributed by atoms with Crippen molar-refractivity contribution < 1.29 is 4.79 Å². The van der Waals surface area contributed by atoms with Gasteiger partial charge in [-0.1, -0.05) is 24.3 Å². The number of nitrogens with zero attached hydrogens (tertiary/aromatic N) is 4. The highest BCUT2D eigenvalue weighted by Gasteiger charge is 2.11. The molecular formula is C20H25N5O. The fraction of sp³-hybridized carbons (Fsp3) is 0.350. The maximum absolute atomic E-state index is 12.4. The molecule has 0 spiro atoms. The lowest BCUT2D eigenvalue weighted by molar-refractivity contribution is 0.0950. The van der Waals surface area contributed by atoms with Gasteiger partial charge in [-0.3, -0.25) is 4.79 Å². The summed E-state index contributed by atoms with van der Waals surface area (Å²) in [5.41, 5.74) is 3.67. The minimum atomic E-state index is -0.130. The lowest BCUT2D eigenvalue weighted by atomic mass is 10.1. The van der Waals surface area contributed by atoms with Crippen LogP contribution in [0.1, 0.15) is 41.4 Å². The molecule has 0 saturated heterocycles. The number of nitrogens with one attached hydrogen (secondary N) is 1. The quantitative estimate of drug-likeness (QED) is 0.741. The number of carbonyl (C=O) groups is 1. The van der Waals surface area contributed by atoms with E-state index < -0.39 is 0 Å². The summed E-state index contributed by atoms with van der Waals surface area (Å²) in [4.78, 5) is 19.0. The van der Waals surface area contributed by atoms with Gasteiger partial charge >= 0.3 is 0 Å². The molecule has 136 valence electrons. The Bertz CT molecular complexity index is 896. The number of pyridine rings is 1. The van der Waals surface area contributed by atoms with Crippen molar-refractivity contribution >= 4 is 16.9 Å². The molecule has 0 aliphatic carbocycles. The number of carbonyl (C=O) groups excluding carboxylic acids is 1. The summed E-state index contributed by atoms with van der Waals surface area (Å²) >= 11 is 0. The molecular weight excluding hydrogens is 326 g/mol. The normalized spacial score (nSPS) is 11.5. The highest BCUT2D eigenvalue weighted by Crippen LogP contribution is 2.16. The Kier molecular flexibility index (Phi) is 5.32. The molecule has 1 aromatic carbocycles. The molecule has 0 unspecified atom stereocenters. The topological polar surface area (TPSA) is 63.1 Å². The standard InChI is InChI=1S/C20H25N5O/c1-14(2)25-19-17(12-23-25)9-18(11-21-19)20(26)22-10-15-5-7-16(8-6-15)13-24(3)4/h5-9,11-12,14H,10,13H2,1-4H3,(H,22,26).